The molecule has 6 aromatic carbocycles. The van der Waals surface area contributed by atoms with Crippen molar-refractivity contribution in [1.29, 1.82) is 0 Å². The lowest BCUT2D eigenvalue weighted by Crippen LogP contribution is -2.36. The summed E-state index contributed by atoms with van der Waals surface area (Å²) in [6.45, 7) is 0. The number of hydrogen-bond acceptors (Lipinski definition) is 5. The maximum Gasteiger partial charge on any atom is 0.169 e. The number of fused-ring (bicyclic) bond motifs is 8. The molecule has 8 aromatic rings. The van der Waals surface area contributed by atoms with Crippen LogP contribution < -0.4 is 5.32 Å². The summed E-state index contributed by atoms with van der Waals surface area (Å²) in [4.78, 5) is 14.7. The van der Waals surface area contributed by atoms with Gasteiger partial charge in [0.1, 0.15) is 17.3 Å². The van der Waals surface area contributed by atoms with E-state index in [1.54, 1.807) is 12.4 Å². The summed E-state index contributed by atoms with van der Waals surface area (Å²) in [6, 6.07) is 42.3. The number of aromatic nitrogens is 1. The minimum Gasteiger partial charge on any atom is -0.454 e. The molecule has 0 radical (unpaired) electrons. The van der Waals surface area contributed by atoms with E-state index in [0.717, 1.165) is 55.7 Å². The van der Waals surface area contributed by atoms with Gasteiger partial charge in [0.15, 0.2) is 11.7 Å². The van der Waals surface area contributed by atoms with Crippen LogP contribution in [0.4, 0.5) is 0 Å². The third-order valence-corrected chi connectivity index (χ3v) is 8.41. The second-order valence-electron chi connectivity index (χ2n) is 10.9. The van der Waals surface area contributed by atoms with E-state index in [0.29, 0.717) is 0 Å². The molecule has 1 unspecified atom stereocenters. The number of furan rings is 1. The average molecular weight is 553 g/mol. The van der Waals surface area contributed by atoms with Crippen molar-refractivity contribution in [2.24, 2.45) is 9.98 Å². The second kappa shape index (κ2) is 9.36. The maximum absolute atomic E-state index is 6.18. The molecule has 1 aliphatic rings. The SMILES string of the molecule is c1ccc(C2N=C(c3cc4c5ccccc5ccc4c4ccccc34)NC(c3cccc4oc5cnccc5c34)=N2)cc1. The fraction of sp³-hybridized carbons (Fsp3) is 0.0263. The molecule has 0 bridgehead atoms. The van der Waals surface area contributed by atoms with Crippen molar-refractivity contribution < 1.29 is 4.42 Å². The van der Waals surface area contributed by atoms with Crippen LogP contribution in [0.5, 0.6) is 0 Å². The Morgan fingerprint density at radius 2 is 1.28 bits per heavy atom. The van der Waals surface area contributed by atoms with Crippen molar-refractivity contribution in [3.05, 3.63) is 150 Å². The topological polar surface area (TPSA) is 62.8 Å². The molecule has 1 aliphatic heterocycles. The van der Waals surface area contributed by atoms with E-state index >= 15 is 0 Å². The summed E-state index contributed by atoms with van der Waals surface area (Å²) in [5.41, 5.74) is 4.59. The Morgan fingerprint density at radius 1 is 0.535 bits per heavy atom. The molecule has 9 rings (SSSR count). The third kappa shape index (κ3) is 3.75. The summed E-state index contributed by atoms with van der Waals surface area (Å²) >= 11 is 0. The van der Waals surface area contributed by atoms with Gasteiger partial charge in [-0.05, 0) is 56.1 Å². The van der Waals surface area contributed by atoms with Crippen molar-refractivity contribution in [1.82, 2.24) is 10.3 Å². The first kappa shape index (κ1) is 23.9. The molecule has 5 nitrogen and oxygen atoms in total. The van der Waals surface area contributed by atoms with Gasteiger partial charge in [-0.15, -0.1) is 0 Å². The van der Waals surface area contributed by atoms with Crippen molar-refractivity contribution in [3.63, 3.8) is 0 Å². The van der Waals surface area contributed by atoms with Crippen LogP contribution in [0.3, 0.4) is 0 Å². The standard InChI is InChI=1S/C38H24N4O/c1-2-10-24(11-3-1)36-40-37(30-15-8-16-33-35(30)29-19-20-39-22-34(29)43-33)42-38(41-36)32-21-31-25-12-5-4-9-23(25)17-18-28(31)26-13-6-7-14-27(26)32/h1-22,36H,(H,40,41,42). The molecular weight excluding hydrogens is 528 g/mol. The van der Waals surface area contributed by atoms with Gasteiger partial charge in [-0.2, -0.15) is 0 Å². The Hall–Kier alpha value is -5.81. The van der Waals surface area contributed by atoms with Crippen molar-refractivity contribution in [2.75, 3.05) is 0 Å². The van der Waals surface area contributed by atoms with Crippen LogP contribution >= 0.6 is 0 Å². The van der Waals surface area contributed by atoms with Gasteiger partial charge in [-0.3, -0.25) is 4.98 Å². The second-order valence-corrected chi connectivity index (χ2v) is 10.9. The summed E-state index contributed by atoms with van der Waals surface area (Å²) in [5, 5.41) is 12.9. The summed E-state index contributed by atoms with van der Waals surface area (Å²) in [7, 11) is 0. The quantitative estimate of drug-likeness (QED) is 0.223. The Morgan fingerprint density at radius 3 is 2.16 bits per heavy atom. The van der Waals surface area contributed by atoms with Gasteiger partial charge in [-0.25, -0.2) is 9.98 Å². The molecular formula is C38H24N4O. The van der Waals surface area contributed by atoms with E-state index in [9.17, 15) is 0 Å². The van der Waals surface area contributed by atoms with Crippen LogP contribution in [-0.2, 0) is 0 Å². The zero-order valence-electron chi connectivity index (χ0n) is 23.0. The lowest BCUT2D eigenvalue weighted by molar-refractivity contribution is 0.667. The van der Waals surface area contributed by atoms with Crippen molar-refractivity contribution in [3.8, 4) is 0 Å². The van der Waals surface area contributed by atoms with Crippen LogP contribution in [0.1, 0.15) is 22.9 Å². The Balaban J connectivity index is 1.31. The average Bonchev–Trinajstić information content (AvgIpc) is 3.47. The van der Waals surface area contributed by atoms with Gasteiger partial charge in [0.2, 0.25) is 0 Å². The molecule has 202 valence electrons. The number of nitrogens with zero attached hydrogens (tertiary/aromatic N) is 3. The van der Waals surface area contributed by atoms with Crippen LogP contribution in [0.15, 0.2) is 148 Å². The number of hydrogen-bond donors (Lipinski definition) is 1. The molecule has 0 amide bonds. The fourth-order valence-electron chi connectivity index (χ4n) is 6.43. The van der Waals surface area contributed by atoms with Crippen LogP contribution in [0.25, 0.3) is 54.3 Å². The van der Waals surface area contributed by atoms with Gasteiger partial charge in [0.05, 0.1) is 6.20 Å². The molecule has 3 heterocycles. The number of benzene rings is 6. The van der Waals surface area contributed by atoms with E-state index < -0.39 is 6.17 Å². The van der Waals surface area contributed by atoms with Crippen molar-refractivity contribution in [2.45, 2.75) is 6.17 Å². The van der Waals surface area contributed by atoms with Gasteiger partial charge in [0.25, 0.3) is 0 Å². The molecule has 0 spiro atoms. The van der Waals surface area contributed by atoms with E-state index in [-0.39, 0.29) is 0 Å². The number of nitrogens with one attached hydrogen (secondary N) is 1. The van der Waals surface area contributed by atoms with Gasteiger partial charge in [0, 0.05) is 28.1 Å². The first-order chi connectivity index (χ1) is 21.3. The normalized spacial score (nSPS) is 15.2. The highest BCUT2D eigenvalue weighted by atomic mass is 16.3. The highest BCUT2D eigenvalue weighted by Gasteiger charge is 2.25. The zero-order valence-corrected chi connectivity index (χ0v) is 23.0. The smallest absolute Gasteiger partial charge is 0.169 e. The molecule has 5 heteroatoms. The first-order valence-electron chi connectivity index (χ1n) is 14.4. The lowest BCUT2D eigenvalue weighted by atomic mass is 9.93. The first-order valence-corrected chi connectivity index (χ1v) is 14.4. The van der Waals surface area contributed by atoms with Crippen LogP contribution in [0, 0.1) is 0 Å². The predicted octanol–water partition coefficient (Wildman–Crippen LogP) is 8.94. The van der Waals surface area contributed by atoms with Gasteiger partial charge >= 0.3 is 0 Å². The number of aliphatic imine (C=N–C) groups is 2. The zero-order chi connectivity index (χ0) is 28.3. The van der Waals surface area contributed by atoms with Crippen LogP contribution in [0.2, 0.25) is 0 Å². The third-order valence-electron chi connectivity index (χ3n) is 8.41. The van der Waals surface area contributed by atoms with E-state index in [2.05, 4.69) is 95.2 Å². The fourth-order valence-corrected chi connectivity index (χ4v) is 6.43. The molecule has 0 saturated carbocycles. The lowest BCUT2D eigenvalue weighted by Gasteiger charge is -2.24. The largest absolute Gasteiger partial charge is 0.454 e. The number of rotatable bonds is 3. The molecule has 1 N–H and O–H groups in total. The molecule has 43 heavy (non-hydrogen) atoms. The monoisotopic (exact) mass is 552 g/mol. The van der Waals surface area contributed by atoms with Crippen LogP contribution in [-0.4, -0.2) is 16.7 Å². The molecule has 1 atom stereocenters. The van der Waals surface area contributed by atoms with Gasteiger partial charge in [-0.1, -0.05) is 103 Å². The van der Waals surface area contributed by atoms with E-state index in [4.69, 9.17) is 14.4 Å². The van der Waals surface area contributed by atoms with Gasteiger partial charge < -0.3 is 9.73 Å². The summed E-state index contributed by atoms with van der Waals surface area (Å²) < 4.78 is 6.18. The molecule has 0 saturated heterocycles. The Kier molecular flexibility index (Phi) is 5.19. The number of pyridine rings is 1. The highest BCUT2D eigenvalue weighted by Crippen LogP contribution is 2.36. The summed E-state index contributed by atoms with van der Waals surface area (Å²) in [5.74, 6) is 1.54. The maximum atomic E-state index is 6.18. The molecule has 0 fully saturated rings. The molecule has 2 aromatic heterocycles. The number of amidine groups is 2. The molecule has 0 aliphatic carbocycles. The van der Waals surface area contributed by atoms with Crippen molar-refractivity contribution >= 4 is 65.9 Å². The predicted molar refractivity (Wildman–Crippen MR) is 176 cm³/mol. The highest BCUT2D eigenvalue weighted by molar-refractivity contribution is 6.28. The Labute approximate surface area is 246 Å². The van der Waals surface area contributed by atoms with E-state index in [1.807, 2.05) is 36.4 Å². The minimum absolute atomic E-state index is 0.412. The minimum atomic E-state index is -0.412. The summed E-state index contributed by atoms with van der Waals surface area (Å²) in [6.07, 6.45) is 3.15. The van der Waals surface area contributed by atoms with E-state index in [1.165, 1.54) is 26.9 Å². The Bertz CT molecular complexity index is 2440.